The van der Waals surface area contributed by atoms with Crippen molar-refractivity contribution in [1.29, 1.82) is 0 Å². The topological polar surface area (TPSA) is 147 Å². The summed E-state index contributed by atoms with van der Waals surface area (Å²) < 4.78 is 0. The first kappa shape index (κ1) is 33.2. The zero-order valence-electron chi connectivity index (χ0n) is 26.4. The first-order chi connectivity index (χ1) is 21.5. The van der Waals surface area contributed by atoms with Crippen molar-refractivity contribution in [3.8, 4) is 11.1 Å². The van der Waals surface area contributed by atoms with Gasteiger partial charge in [-0.2, -0.15) is 0 Å². The quantitative estimate of drug-likeness (QED) is 0.116. The van der Waals surface area contributed by atoms with Gasteiger partial charge in [0.15, 0.2) is 0 Å². The predicted molar refractivity (Wildman–Crippen MR) is 177 cm³/mol. The number of H-pyrrole nitrogens is 1. The maximum Gasteiger partial charge on any atom is 0.314 e. The minimum absolute atomic E-state index is 0.138. The van der Waals surface area contributed by atoms with Crippen LogP contribution in [0.1, 0.15) is 43.9 Å². The number of aromatic amines is 1. The lowest BCUT2D eigenvalue weighted by molar-refractivity contribution is -0.129. The number of aromatic nitrogens is 1. The molecule has 0 aliphatic carbocycles. The molecule has 0 saturated carbocycles. The molecule has 0 radical (unpaired) electrons. The van der Waals surface area contributed by atoms with Crippen LogP contribution in [0.2, 0.25) is 0 Å². The van der Waals surface area contributed by atoms with Crippen molar-refractivity contribution in [2.45, 2.75) is 64.4 Å². The SMILES string of the molecule is CNC(=O)NCc1ccccc1-c1ccc(CNC(=O)[C@@H](Cc2c[nH]c3ccccc23)NC(=O)CC(C)(C)NC[C@@H](C)O)cc1. The van der Waals surface area contributed by atoms with Crippen LogP contribution in [-0.2, 0) is 29.1 Å². The highest BCUT2D eigenvalue weighted by molar-refractivity contribution is 5.90. The van der Waals surface area contributed by atoms with Gasteiger partial charge in [-0.15, -0.1) is 0 Å². The van der Waals surface area contributed by atoms with Gasteiger partial charge >= 0.3 is 6.03 Å². The zero-order valence-corrected chi connectivity index (χ0v) is 26.4. The summed E-state index contributed by atoms with van der Waals surface area (Å²) in [7, 11) is 1.58. The Morgan fingerprint density at radius 3 is 2.33 bits per heavy atom. The molecule has 45 heavy (non-hydrogen) atoms. The second-order valence-corrected chi connectivity index (χ2v) is 12.0. The molecule has 3 aromatic carbocycles. The Bertz CT molecular complexity index is 1600. The van der Waals surface area contributed by atoms with Gasteiger partial charge in [-0.05, 0) is 54.7 Å². The van der Waals surface area contributed by atoms with E-state index in [1.807, 2.05) is 92.8 Å². The van der Waals surface area contributed by atoms with E-state index in [0.717, 1.165) is 38.7 Å². The van der Waals surface area contributed by atoms with Crippen molar-refractivity contribution in [2.24, 2.45) is 0 Å². The van der Waals surface area contributed by atoms with Crippen LogP contribution in [0.3, 0.4) is 0 Å². The molecule has 10 nitrogen and oxygen atoms in total. The molecule has 238 valence electrons. The minimum Gasteiger partial charge on any atom is -0.392 e. The molecule has 1 heterocycles. The van der Waals surface area contributed by atoms with Gasteiger partial charge in [-0.25, -0.2) is 4.79 Å². The maximum atomic E-state index is 13.6. The summed E-state index contributed by atoms with van der Waals surface area (Å²) in [6, 6.07) is 22.6. The summed E-state index contributed by atoms with van der Waals surface area (Å²) in [6.07, 6.45) is 1.80. The van der Waals surface area contributed by atoms with E-state index >= 15 is 0 Å². The average Bonchev–Trinajstić information content (AvgIpc) is 3.44. The van der Waals surface area contributed by atoms with Gasteiger partial charge in [0.2, 0.25) is 11.8 Å². The highest BCUT2D eigenvalue weighted by atomic mass is 16.3. The number of hydrogen-bond acceptors (Lipinski definition) is 5. The molecule has 0 aliphatic rings. The maximum absolute atomic E-state index is 13.6. The van der Waals surface area contributed by atoms with Gasteiger partial charge in [0, 0.05) is 62.2 Å². The number of rotatable bonds is 14. The van der Waals surface area contributed by atoms with Crippen LogP contribution >= 0.6 is 0 Å². The molecular formula is C35H44N6O4. The molecule has 0 spiro atoms. The molecule has 10 heteroatoms. The van der Waals surface area contributed by atoms with Gasteiger partial charge in [0.1, 0.15) is 6.04 Å². The van der Waals surface area contributed by atoms with Crippen molar-refractivity contribution >= 4 is 28.7 Å². The molecular weight excluding hydrogens is 568 g/mol. The normalized spacial score (nSPS) is 12.7. The number of β-amino-alcohol motifs (C(OH)–C–C–N with tert-alkyl or cyclic N) is 1. The van der Waals surface area contributed by atoms with Gasteiger partial charge in [-0.3, -0.25) is 9.59 Å². The third-order valence-corrected chi connectivity index (χ3v) is 7.64. The molecule has 4 amide bonds. The van der Waals surface area contributed by atoms with Crippen LogP contribution in [0, 0.1) is 0 Å². The monoisotopic (exact) mass is 612 g/mol. The Labute approximate surface area is 264 Å². The van der Waals surface area contributed by atoms with Crippen LogP contribution in [0.25, 0.3) is 22.0 Å². The third-order valence-electron chi connectivity index (χ3n) is 7.64. The fourth-order valence-electron chi connectivity index (χ4n) is 5.20. The molecule has 4 rings (SSSR count). The van der Waals surface area contributed by atoms with Crippen LogP contribution < -0.4 is 26.6 Å². The fourth-order valence-corrected chi connectivity index (χ4v) is 5.20. The first-order valence-electron chi connectivity index (χ1n) is 15.2. The second kappa shape index (κ2) is 15.4. The second-order valence-electron chi connectivity index (χ2n) is 12.0. The van der Waals surface area contributed by atoms with E-state index in [0.29, 0.717) is 26.1 Å². The van der Waals surface area contributed by atoms with E-state index in [4.69, 9.17) is 0 Å². The van der Waals surface area contributed by atoms with Crippen LogP contribution in [0.15, 0.2) is 79.0 Å². The lowest BCUT2D eigenvalue weighted by atomic mass is 9.98. The molecule has 4 aromatic rings. The van der Waals surface area contributed by atoms with Gasteiger partial charge in [0.25, 0.3) is 0 Å². The van der Waals surface area contributed by atoms with E-state index in [2.05, 4.69) is 31.6 Å². The molecule has 7 N–H and O–H groups in total. The number of para-hydroxylation sites is 1. The van der Waals surface area contributed by atoms with E-state index in [9.17, 15) is 19.5 Å². The number of benzene rings is 3. The number of aliphatic hydroxyl groups is 1. The lowest BCUT2D eigenvalue weighted by Gasteiger charge is -2.28. The van der Waals surface area contributed by atoms with Crippen molar-refractivity contribution in [2.75, 3.05) is 13.6 Å². The molecule has 0 fully saturated rings. The van der Waals surface area contributed by atoms with E-state index in [1.54, 1.807) is 14.0 Å². The van der Waals surface area contributed by atoms with Crippen molar-refractivity contribution in [3.05, 3.63) is 95.7 Å². The summed E-state index contributed by atoms with van der Waals surface area (Å²) >= 11 is 0. The average molecular weight is 613 g/mol. The number of nitrogens with one attached hydrogen (secondary N) is 6. The van der Waals surface area contributed by atoms with Crippen LogP contribution in [-0.4, -0.2) is 59.2 Å². The standard InChI is InChI=1S/C35H44N6O4/c1-23(42)19-40-35(2,3)18-32(43)41-31(17-27-22-37-30-12-8-7-11-29(27)30)33(44)38-20-24-13-15-25(16-14-24)28-10-6-5-9-26(28)21-39-34(45)36-4/h5-16,22-23,31,37,40,42H,17-21H2,1-4H3,(H,38,44)(H,41,43)(H2,36,39,45)/t23-,31-/m1/s1. The predicted octanol–water partition coefficient (Wildman–Crippen LogP) is 3.75. The summed E-state index contributed by atoms with van der Waals surface area (Å²) in [6.45, 7) is 6.52. The molecule has 1 aromatic heterocycles. The molecule has 2 atom stereocenters. The van der Waals surface area contributed by atoms with E-state index in [1.165, 1.54) is 0 Å². The Morgan fingerprint density at radius 1 is 0.889 bits per heavy atom. The van der Waals surface area contributed by atoms with Gasteiger partial charge in [0.05, 0.1) is 6.10 Å². The van der Waals surface area contributed by atoms with Crippen molar-refractivity contribution in [1.82, 2.24) is 31.6 Å². The van der Waals surface area contributed by atoms with Crippen molar-refractivity contribution < 1.29 is 19.5 Å². The Kier molecular flexibility index (Phi) is 11.3. The van der Waals surface area contributed by atoms with Crippen LogP contribution in [0.4, 0.5) is 4.79 Å². The summed E-state index contributed by atoms with van der Waals surface area (Å²) in [5, 5.41) is 25.2. The largest absolute Gasteiger partial charge is 0.392 e. The lowest BCUT2D eigenvalue weighted by Crippen LogP contribution is -2.51. The van der Waals surface area contributed by atoms with Gasteiger partial charge in [-0.1, -0.05) is 66.7 Å². The zero-order chi connectivity index (χ0) is 32.4. The van der Waals surface area contributed by atoms with Gasteiger partial charge < -0.3 is 36.7 Å². The number of amides is 4. The van der Waals surface area contributed by atoms with E-state index in [-0.39, 0.29) is 24.3 Å². The Morgan fingerprint density at radius 2 is 1.60 bits per heavy atom. The molecule has 0 bridgehead atoms. The Hall–Kier alpha value is -4.67. The fraction of sp³-hybridized carbons (Fsp3) is 0.343. The Balaban J connectivity index is 1.44. The number of aliphatic hydroxyl groups excluding tert-OH is 1. The van der Waals surface area contributed by atoms with Crippen LogP contribution in [0.5, 0.6) is 0 Å². The summed E-state index contributed by atoms with van der Waals surface area (Å²) in [5.74, 6) is -0.537. The molecule has 0 saturated heterocycles. The smallest absolute Gasteiger partial charge is 0.314 e. The summed E-state index contributed by atoms with van der Waals surface area (Å²) in [4.78, 5) is 41.6. The highest BCUT2D eigenvalue weighted by Gasteiger charge is 2.27. The van der Waals surface area contributed by atoms with E-state index < -0.39 is 17.7 Å². The number of hydrogen-bond donors (Lipinski definition) is 7. The number of fused-ring (bicyclic) bond motifs is 1. The number of carbonyl (C=O) groups excluding carboxylic acids is 3. The number of carbonyl (C=O) groups is 3. The summed E-state index contributed by atoms with van der Waals surface area (Å²) in [5.41, 5.74) is 5.24. The molecule has 0 unspecified atom stereocenters. The third kappa shape index (κ3) is 9.66. The molecule has 0 aliphatic heterocycles. The minimum atomic E-state index is -0.789. The number of urea groups is 1. The highest BCUT2D eigenvalue weighted by Crippen LogP contribution is 2.24. The first-order valence-corrected chi connectivity index (χ1v) is 15.2. The van der Waals surface area contributed by atoms with Crippen molar-refractivity contribution in [3.63, 3.8) is 0 Å².